The standard InChI is InChI=1S/C23H26N4O5/c1-30-11-9-26(10-12-31-2)20-8-5-18(13-20)14-21-22(15-24)25-27(23(21)28)19-6-3-17(4-7-19)16-32-29/h3-8,14,29H,9-13,16H2,1-2H3. The molecular weight excluding hydrogens is 412 g/mol. The molecule has 1 N–H and O–H groups in total. The van der Waals surface area contributed by atoms with E-state index in [1.807, 2.05) is 18.2 Å². The number of amides is 1. The van der Waals surface area contributed by atoms with E-state index in [1.54, 1.807) is 44.6 Å². The number of allylic oxidation sites excluding steroid dienone is 4. The third-order valence-corrected chi connectivity index (χ3v) is 5.14. The molecule has 1 amide bonds. The minimum atomic E-state index is -0.363. The summed E-state index contributed by atoms with van der Waals surface area (Å²) in [5.74, 6) is -0.363. The van der Waals surface area contributed by atoms with Crippen LogP contribution in [0.4, 0.5) is 5.69 Å². The maximum absolute atomic E-state index is 13.0. The van der Waals surface area contributed by atoms with Crippen molar-refractivity contribution in [1.29, 1.82) is 5.26 Å². The number of ether oxygens (including phenoxy) is 2. The summed E-state index contributed by atoms with van der Waals surface area (Å²) >= 11 is 0. The van der Waals surface area contributed by atoms with E-state index >= 15 is 0 Å². The highest BCUT2D eigenvalue weighted by molar-refractivity contribution is 6.35. The number of benzene rings is 1. The maximum Gasteiger partial charge on any atom is 0.281 e. The summed E-state index contributed by atoms with van der Waals surface area (Å²) in [7, 11) is 3.33. The van der Waals surface area contributed by atoms with Gasteiger partial charge >= 0.3 is 0 Å². The summed E-state index contributed by atoms with van der Waals surface area (Å²) in [6.45, 7) is 2.71. The number of hydrogen-bond donors (Lipinski definition) is 1. The van der Waals surface area contributed by atoms with Gasteiger partial charge in [0.05, 0.1) is 24.5 Å². The van der Waals surface area contributed by atoms with Crippen LogP contribution in [-0.4, -0.2) is 62.3 Å². The molecule has 3 rings (SSSR count). The first-order chi connectivity index (χ1) is 15.6. The fraction of sp³-hybridized carbons (Fsp3) is 0.348. The van der Waals surface area contributed by atoms with E-state index < -0.39 is 0 Å². The molecule has 0 saturated carbocycles. The number of carbonyl (C=O) groups is 1. The zero-order chi connectivity index (χ0) is 22.9. The third kappa shape index (κ3) is 5.49. The van der Waals surface area contributed by atoms with Crippen molar-refractivity contribution in [3.63, 3.8) is 0 Å². The number of hydrazone groups is 1. The zero-order valence-corrected chi connectivity index (χ0v) is 18.2. The van der Waals surface area contributed by atoms with Gasteiger partial charge in [0.2, 0.25) is 0 Å². The molecule has 0 fully saturated rings. The Labute approximate surface area is 187 Å². The van der Waals surface area contributed by atoms with Gasteiger partial charge in [-0.1, -0.05) is 18.2 Å². The monoisotopic (exact) mass is 438 g/mol. The van der Waals surface area contributed by atoms with E-state index in [-0.39, 0.29) is 23.8 Å². The average Bonchev–Trinajstić information content (AvgIpc) is 3.40. The quantitative estimate of drug-likeness (QED) is 0.321. The van der Waals surface area contributed by atoms with Crippen LogP contribution >= 0.6 is 0 Å². The number of nitriles is 1. The van der Waals surface area contributed by atoms with Crippen LogP contribution < -0.4 is 5.01 Å². The molecule has 168 valence electrons. The summed E-state index contributed by atoms with van der Waals surface area (Å²) in [6, 6.07) is 8.82. The molecule has 1 aliphatic carbocycles. The lowest BCUT2D eigenvalue weighted by Gasteiger charge is -2.25. The van der Waals surface area contributed by atoms with Crippen LogP contribution in [0, 0.1) is 11.3 Å². The van der Waals surface area contributed by atoms with Crippen molar-refractivity contribution in [2.45, 2.75) is 13.0 Å². The topological polar surface area (TPSA) is 108 Å². The van der Waals surface area contributed by atoms with Crippen molar-refractivity contribution in [3.05, 3.63) is 64.9 Å². The molecule has 0 aromatic heterocycles. The highest BCUT2D eigenvalue weighted by Crippen LogP contribution is 2.28. The minimum absolute atomic E-state index is 0.0430. The molecule has 1 aromatic carbocycles. The van der Waals surface area contributed by atoms with Gasteiger partial charge in [-0.05, 0) is 35.4 Å². The SMILES string of the molecule is COCCN(CCOC)C1=CC=C(C=C2C(=O)N(c3ccc(COO)cc3)N=C2C#N)C1. The Balaban J connectivity index is 1.72. The van der Waals surface area contributed by atoms with Gasteiger partial charge in [0, 0.05) is 39.4 Å². The molecule has 9 nitrogen and oxygen atoms in total. The van der Waals surface area contributed by atoms with Crippen LogP contribution in [0.1, 0.15) is 12.0 Å². The normalized spacial score (nSPS) is 16.8. The van der Waals surface area contributed by atoms with Gasteiger partial charge in [0.1, 0.15) is 12.7 Å². The van der Waals surface area contributed by atoms with Crippen molar-refractivity contribution >= 4 is 17.3 Å². The lowest BCUT2D eigenvalue weighted by Crippen LogP contribution is -2.29. The first-order valence-corrected chi connectivity index (χ1v) is 10.1. The van der Waals surface area contributed by atoms with Gasteiger partial charge in [0.15, 0.2) is 5.71 Å². The predicted octanol–water partition coefficient (Wildman–Crippen LogP) is 2.64. The van der Waals surface area contributed by atoms with Crippen LogP contribution in [0.25, 0.3) is 0 Å². The number of hydrogen-bond acceptors (Lipinski definition) is 8. The number of methoxy groups -OCH3 is 2. The molecule has 1 heterocycles. The average molecular weight is 438 g/mol. The summed E-state index contributed by atoms with van der Waals surface area (Å²) in [4.78, 5) is 19.3. The van der Waals surface area contributed by atoms with Gasteiger partial charge in [0.25, 0.3) is 5.91 Å². The van der Waals surface area contributed by atoms with Crippen molar-refractivity contribution in [2.75, 3.05) is 45.5 Å². The Hall–Kier alpha value is -3.29. The van der Waals surface area contributed by atoms with Gasteiger partial charge < -0.3 is 14.4 Å². The Kier molecular flexibility index (Phi) is 8.30. The van der Waals surface area contributed by atoms with Gasteiger partial charge in [-0.2, -0.15) is 15.4 Å². The first kappa shape index (κ1) is 23.4. The molecule has 0 spiro atoms. The number of carbonyl (C=O) groups excluding carboxylic acids is 1. The number of rotatable bonds is 11. The van der Waals surface area contributed by atoms with Crippen molar-refractivity contribution in [1.82, 2.24) is 4.90 Å². The molecule has 1 aromatic rings. The zero-order valence-electron chi connectivity index (χ0n) is 18.2. The Morgan fingerprint density at radius 3 is 2.47 bits per heavy atom. The fourth-order valence-corrected chi connectivity index (χ4v) is 3.44. The van der Waals surface area contributed by atoms with E-state index in [2.05, 4.69) is 14.9 Å². The van der Waals surface area contributed by atoms with E-state index in [9.17, 15) is 10.1 Å². The highest BCUT2D eigenvalue weighted by Gasteiger charge is 2.32. The summed E-state index contributed by atoms with van der Waals surface area (Å²) in [6.07, 6.45) is 6.33. The molecule has 1 aliphatic heterocycles. The number of nitrogens with zero attached hydrogens (tertiary/aromatic N) is 4. The second kappa shape index (κ2) is 11.4. The van der Waals surface area contributed by atoms with E-state index in [1.165, 1.54) is 5.01 Å². The molecule has 0 saturated heterocycles. The van der Waals surface area contributed by atoms with Crippen LogP contribution in [-0.2, 0) is 25.8 Å². The lowest BCUT2D eigenvalue weighted by molar-refractivity contribution is -0.253. The van der Waals surface area contributed by atoms with Crippen molar-refractivity contribution < 1.29 is 24.4 Å². The van der Waals surface area contributed by atoms with Crippen LogP contribution in [0.2, 0.25) is 0 Å². The molecule has 0 radical (unpaired) electrons. The first-order valence-electron chi connectivity index (χ1n) is 10.1. The van der Waals surface area contributed by atoms with Crippen molar-refractivity contribution in [3.8, 4) is 6.07 Å². The van der Waals surface area contributed by atoms with E-state index in [4.69, 9.17) is 14.7 Å². The molecule has 0 bridgehead atoms. The molecular formula is C23H26N4O5. The van der Waals surface area contributed by atoms with Crippen LogP contribution in [0.5, 0.6) is 0 Å². The lowest BCUT2D eigenvalue weighted by atomic mass is 10.1. The summed E-state index contributed by atoms with van der Waals surface area (Å²) < 4.78 is 10.4. The Morgan fingerprint density at radius 1 is 1.19 bits per heavy atom. The molecule has 32 heavy (non-hydrogen) atoms. The smallest absolute Gasteiger partial charge is 0.281 e. The summed E-state index contributed by atoms with van der Waals surface area (Å²) in [5, 5.41) is 23.5. The number of anilines is 1. The van der Waals surface area contributed by atoms with Gasteiger partial charge in [-0.3, -0.25) is 10.1 Å². The maximum atomic E-state index is 13.0. The van der Waals surface area contributed by atoms with E-state index in [0.717, 1.165) is 29.9 Å². The minimum Gasteiger partial charge on any atom is -0.383 e. The second-order valence-electron chi connectivity index (χ2n) is 7.22. The molecule has 0 atom stereocenters. The van der Waals surface area contributed by atoms with Gasteiger partial charge in [-0.25, -0.2) is 4.89 Å². The van der Waals surface area contributed by atoms with Crippen LogP contribution in [0.15, 0.2) is 64.4 Å². The summed E-state index contributed by atoms with van der Waals surface area (Å²) in [5.41, 5.74) is 3.62. The largest absolute Gasteiger partial charge is 0.383 e. The van der Waals surface area contributed by atoms with Crippen molar-refractivity contribution in [2.24, 2.45) is 5.10 Å². The molecule has 0 unspecified atom stereocenters. The Bertz CT molecular complexity index is 981. The second-order valence-corrected chi connectivity index (χ2v) is 7.22. The van der Waals surface area contributed by atoms with E-state index in [0.29, 0.717) is 25.3 Å². The third-order valence-electron chi connectivity index (χ3n) is 5.14. The van der Waals surface area contributed by atoms with Crippen LogP contribution in [0.3, 0.4) is 0 Å². The molecule has 9 heteroatoms. The molecule has 2 aliphatic rings. The Morgan fingerprint density at radius 2 is 1.88 bits per heavy atom. The predicted molar refractivity (Wildman–Crippen MR) is 119 cm³/mol. The van der Waals surface area contributed by atoms with Gasteiger partial charge in [-0.15, -0.1) is 0 Å². The fourth-order valence-electron chi connectivity index (χ4n) is 3.44. The highest BCUT2D eigenvalue weighted by atomic mass is 17.1.